The Morgan fingerprint density at radius 3 is 2.65 bits per heavy atom. The molecule has 4 aromatic rings. The van der Waals surface area contributed by atoms with Crippen LogP contribution in [-0.2, 0) is 6.54 Å². The van der Waals surface area contributed by atoms with Crippen LogP contribution in [0.1, 0.15) is 48.0 Å². The molecule has 0 aliphatic carbocycles. The van der Waals surface area contributed by atoms with Crippen molar-refractivity contribution < 1.29 is 0 Å². The number of para-hydroxylation sites is 1. The van der Waals surface area contributed by atoms with Crippen molar-refractivity contribution in [3.05, 3.63) is 88.7 Å². The lowest BCUT2D eigenvalue weighted by molar-refractivity contribution is 0.199. The van der Waals surface area contributed by atoms with Gasteiger partial charge in [-0.2, -0.15) is 0 Å². The summed E-state index contributed by atoms with van der Waals surface area (Å²) in [4.78, 5) is 15.3. The Balaban J connectivity index is 1.24. The van der Waals surface area contributed by atoms with Gasteiger partial charge in [0, 0.05) is 18.7 Å². The van der Waals surface area contributed by atoms with E-state index < -0.39 is 0 Å². The number of likely N-dealkylation sites (tertiary alicyclic amines) is 1. The highest BCUT2D eigenvalue weighted by atomic mass is 32.1. The third kappa shape index (κ3) is 4.12. The van der Waals surface area contributed by atoms with E-state index in [-0.39, 0.29) is 6.04 Å². The minimum Gasteiger partial charge on any atom is -0.326 e. The van der Waals surface area contributed by atoms with E-state index in [1.807, 2.05) is 48.1 Å². The SMILES string of the molecule is [C-]#[N+]c1ccc([C@@H](C)n2cncc2CN2CCC(c3nc4ccccc4s3)CC2)cc1. The summed E-state index contributed by atoms with van der Waals surface area (Å²) >= 11 is 1.85. The second kappa shape index (κ2) is 8.62. The summed E-state index contributed by atoms with van der Waals surface area (Å²) in [5.41, 5.74) is 4.24. The van der Waals surface area contributed by atoms with E-state index in [1.54, 1.807) is 0 Å². The van der Waals surface area contributed by atoms with Crippen molar-refractivity contribution in [2.24, 2.45) is 0 Å². The average Bonchev–Trinajstić information content (AvgIpc) is 3.46. The van der Waals surface area contributed by atoms with Gasteiger partial charge in [-0.3, -0.25) is 4.90 Å². The number of thiazole rings is 1. The summed E-state index contributed by atoms with van der Waals surface area (Å²) in [6.45, 7) is 12.4. The van der Waals surface area contributed by atoms with Crippen LogP contribution in [0.3, 0.4) is 0 Å². The van der Waals surface area contributed by atoms with Gasteiger partial charge in [-0.25, -0.2) is 14.8 Å². The lowest BCUT2D eigenvalue weighted by Gasteiger charge is -2.31. The van der Waals surface area contributed by atoms with Crippen molar-refractivity contribution in [3.8, 4) is 0 Å². The molecule has 5 nitrogen and oxygen atoms in total. The summed E-state index contributed by atoms with van der Waals surface area (Å²) in [6.07, 6.45) is 6.23. The minimum atomic E-state index is 0.192. The van der Waals surface area contributed by atoms with Gasteiger partial charge < -0.3 is 4.57 Å². The number of nitrogens with zero attached hydrogens (tertiary/aromatic N) is 5. The van der Waals surface area contributed by atoms with Crippen molar-refractivity contribution in [2.75, 3.05) is 13.1 Å². The molecule has 0 saturated carbocycles. The first-order chi connectivity index (χ1) is 15.2. The summed E-state index contributed by atoms with van der Waals surface area (Å²) in [5.74, 6) is 0.568. The van der Waals surface area contributed by atoms with E-state index in [1.165, 1.54) is 21.0 Å². The molecule has 1 saturated heterocycles. The van der Waals surface area contributed by atoms with Gasteiger partial charge >= 0.3 is 0 Å². The van der Waals surface area contributed by atoms with E-state index in [0.29, 0.717) is 11.6 Å². The van der Waals surface area contributed by atoms with Gasteiger partial charge in [0.05, 0.1) is 39.9 Å². The summed E-state index contributed by atoms with van der Waals surface area (Å²) in [5, 5.41) is 1.29. The predicted molar refractivity (Wildman–Crippen MR) is 126 cm³/mol. The fourth-order valence-corrected chi connectivity index (χ4v) is 5.56. The van der Waals surface area contributed by atoms with Crippen LogP contribution in [-0.4, -0.2) is 32.5 Å². The Bertz CT molecular complexity index is 1180. The number of hydrogen-bond donors (Lipinski definition) is 0. The van der Waals surface area contributed by atoms with Crippen molar-refractivity contribution >= 4 is 27.2 Å². The number of benzene rings is 2. The maximum Gasteiger partial charge on any atom is 0.187 e. The molecule has 0 amide bonds. The van der Waals surface area contributed by atoms with Crippen LogP contribution in [0.15, 0.2) is 61.1 Å². The zero-order chi connectivity index (χ0) is 21.2. The van der Waals surface area contributed by atoms with Gasteiger partial charge in [-0.1, -0.05) is 36.4 Å². The van der Waals surface area contributed by atoms with Crippen molar-refractivity contribution in [3.63, 3.8) is 0 Å². The molecule has 1 fully saturated rings. The molecule has 0 N–H and O–H groups in total. The summed E-state index contributed by atoms with van der Waals surface area (Å²) in [7, 11) is 0. The highest BCUT2D eigenvalue weighted by Gasteiger charge is 2.24. The van der Waals surface area contributed by atoms with Crippen LogP contribution in [0.4, 0.5) is 5.69 Å². The Hall–Kier alpha value is -3.01. The normalized spacial score (nSPS) is 16.4. The number of hydrogen-bond acceptors (Lipinski definition) is 4. The summed E-state index contributed by atoms with van der Waals surface area (Å²) < 4.78 is 3.55. The zero-order valence-corrected chi connectivity index (χ0v) is 18.4. The number of rotatable bonds is 5. The van der Waals surface area contributed by atoms with Gasteiger partial charge in [0.15, 0.2) is 5.69 Å². The molecule has 2 aromatic heterocycles. The topological polar surface area (TPSA) is 38.3 Å². The third-order valence-electron chi connectivity index (χ3n) is 6.30. The second-order valence-electron chi connectivity index (χ2n) is 8.24. The Labute approximate surface area is 186 Å². The first-order valence-electron chi connectivity index (χ1n) is 10.8. The fraction of sp³-hybridized carbons (Fsp3) is 0.320. The quantitative estimate of drug-likeness (QED) is 0.365. The average molecular weight is 428 g/mol. The molecule has 156 valence electrons. The van der Waals surface area contributed by atoms with Crippen molar-refractivity contribution in [1.82, 2.24) is 19.4 Å². The zero-order valence-electron chi connectivity index (χ0n) is 17.6. The van der Waals surface area contributed by atoms with Crippen molar-refractivity contribution in [2.45, 2.75) is 38.3 Å². The molecule has 1 atom stereocenters. The molecule has 0 spiro atoms. The van der Waals surface area contributed by atoms with E-state index >= 15 is 0 Å². The Kier molecular flexibility index (Phi) is 5.54. The maximum absolute atomic E-state index is 7.14. The van der Waals surface area contributed by atoms with Crippen LogP contribution >= 0.6 is 11.3 Å². The van der Waals surface area contributed by atoms with Gasteiger partial charge in [-0.05, 0) is 50.6 Å². The summed E-state index contributed by atoms with van der Waals surface area (Å²) in [6, 6.07) is 16.5. The molecular weight excluding hydrogens is 402 g/mol. The van der Waals surface area contributed by atoms with Crippen LogP contribution in [0.5, 0.6) is 0 Å². The van der Waals surface area contributed by atoms with E-state index in [9.17, 15) is 0 Å². The number of aromatic nitrogens is 3. The third-order valence-corrected chi connectivity index (χ3v) is 7.50. The standard InChI is InChI=1S/C25H25N5S/c1-18(19-7-9-21(26-2)10-8-19)30-17-27-15-22(30)16-29-13-11-20(12-14-29)25-28-23-5-3-4-6-24(23)31-25/h3-10,15,17-18,20H,11-14,16H2,1H3/t18-/m1/s1. The first kappa shape index (κ1) is 19.9. The van der Waals surface area contributed by atoms with E-state index in [4.69, 9.17) is 11.6 Å². The van der Waals surface area contributed by atoms with Crippen LogP contribution < -0.4 is 0 Å². The first-order valence-corrected chi connectivity index (χ1v) is 11.6. The lowest BCUT2D eigenvalue weighted by Crippen LogP contribution is -2.33. The predicted octanol–water partition coefficient (Wildman–Crippen LogP) is 6.03. The number of fused-ring (bicyclic) bond motifs is 1. The van der Waals surface area contributed by atoms with Gasteiger partial charge in [-0.15, -0.1) is 11.3 Å². The molecule has 1 aliphatic heterocycles. The molecule has 5 rings (SSSR count). The van der Waals surface area contributed by atoms with Crippen molar-refractivity contribution in [1.29, 1.82) is 0 Å². The molecule has 2 aromatic carbocycles. The second-order valence-corrected chi connectivity index (χ2v) is 9.30. The molecular formula is C25H25N5S. The Morgan fingerprint density at radius 1 is 1.13 bits per heavy atom. The molecule has 0 radical (unpaired) electrons. The molecule has 3 heterocycles. The largest absolute Gasteiger partial charge is 0.326 e. The van der Waals surface area contributed by atoms with Gasteiger partial charge in [0.1, 0.15) is 0 Å². The lowest BCUT2D eigenvalue weighted by atomic mass is 9.97. The maximum atomic E-state index is 7.14. The number of imidazole rings is 1. The molecule has 6 heteroatoms. The smallest absolute Gasteiger partial charge is 0.187 e. The molecule has 1 aliphatic rings. The van der Waals surface area contributed by atoms with Gasteiger partial charge in [0.2, 0.25) is 0 Å². The highest BCUT2D eigenvalue weighted by molar-refractivity contribution is 7.18. The van der Waals surface area contributed by atoms with Crippen LogP contribution in [0.25, 0.3) is 15.1 Å². The van der Waals surface area contributed by atoms with Crippen LogP contribution in [0.2, 0.25) is 0 Å². The highest BCUT2D eigenvalue weighted by Crippen LogP contribution is 2.34. The van der Waals surface area contributed by atoms with E-state index in [0.717, 1.165) is 38.0 Å². The number of piperidine rings is 1. The van der Waals surface area contributed by atoms with Gasteiger partial charge in [0.25, 0.3) is 0 Å². The minimum absolute atomic E-state index is 0.192. The molecule has 0 unspecified atom stereocenters. The fourth-order valence-electron chi connectivity index (χ4n) is 4.42. The molecule has 31 heavy (non-hydrogen) atoms. The Morgan fingerprint density at radius 2 is 1.90 bits per heavy atom. The monoisotopic (exact) mass is 427 g/mol. The van der Waals surface area contributed by atoms with Crippen LogP contribution in [0, 0.1) is 6.57 Å². The molecule has 0 bridgehead atoms. The van der Waals surface area contributed by atoms with E-state index in [2.05, 4.69) is 50.5 Å².